The van der Waals surface area contributed by atoms with Crippen molar-refractivity contribution in [3.63, 3.8) is 0 Å². The average molecular weight is 354 g/mol. The molecule has 0 N–H and O–H groups in total. The Morgan fingerprint density at radius 1 is 0.864 bits per heavy atom. The SMILES string of the molecule is CC(C)N(/C=C/C=[N+]1CCCC1)C(C)C.F[P-](F)(F)(F)(F)F. The minimum atomic E-state index is -10.7. The van der Waals surface area contributed by atoms with Crippen molar-refractivity contribution in [3.8, 4) is 0 Å². The summed E-state index contributed by atoms with van der Waals surface area (Å²) in [5.41, 5.74) is 0. The summed E-state index contributed by atoms with van der Waals surface area (Å²) in [6.45, 7) is 11.4. The number of halogens is 6. The summed E-state index contributed by atoms with van der Waals surface area (Å²) >= 11 is 0. The molecular formula is C13H25F6N2P. The first-order valence-electron chi connectivity index (χ1n) is 7.16. The molecule has 0 spiro atoms. The maximum absolute atomic E-state index is 10.7. The molecule has 2 nitrogen and oxygen atoms in total. The Bertz CT molecular complexity index is 383. The zero-order chi connectivity index (χ0) is 17.7. The van der Waals surface area contributed by atoms with Gasteiger partial charge in [-0.1, -0.05) is 0 Å². The predicted octanol–water partition coefficient (Wildman–Crippen LogP) is 5.88. The van der Waals surface area contributed by atoms with Gasteiger partial charge in [0.05, 0.1) is 0 Å². The molecule has 0 bridgehead atoms. The van der Waals surface area contributed by atoms with E-state index in [1.165, 1.54) is 25.9 Å². The van der Waals surface area contributed by atoms with E-state index in [9.17, 15) is 25.2 Å². The molecular weight excluding hydrogens is 329 g/mol. The molecule has 0 aromatic rings. The summed E-state index contributed by atoms with van der Waals surface area (Å²) in [4.78, 5) is 2.38. The summed E-state index contributed by atoms with van der Waals surface area (Å²) in [6.07, 6.45) is 9.33. The molecule has 1 aliphatic rings. The molecule has 1 heterocycles. The predicted molar refractivity (Wildman–Crippen MR) is 80.1 cm³/mol. The zero-order valence-corrected chi connectivity index (χ0v) is 14.2. The van der Waals surface area contributed by atoms with Crippen molar-refractivity contribution < 1.29 is 29.8 Å². The normalized spacial score (nSPS) is 19.0. The van der Waals surface area contributed by atoms with Crippen molar-refractivity contribution in [3.05, 3.63) is 12.3 Å². The second kappa shape index (κ2) is 6.77. The van der Waals surface area contributed by atoms with Crippen molar-refractivity contribution in [2.75, 3.05) is 13.1 Å². The maximum atomic E-state index is 9.87. The van der Waals surface area contributed by atoms with Crippen molar-refractivity contribution in [2.24, 2.45) is 0 Å². The van der Waals surface area contributed by atoms with Gasteiger partial charge >= 0.3 is 33.0 Å². The van der Waals surface area contributed by atoms with Gasteiger partial charge < -0.3 is 4.90 Å². The van der Waals surface area contributed by atoms with Crippen LogP contribution in [0.4, 0.5) is 25.2 Å². The first-order valence-corrected chi connectivity index (χ1v) is 9.18. The van der Waals surface area contributed by atoms with Crippen LogP contribution >= 0.6 is 7.81 Å². The van der Waals surface area contributed by atoms with Crippen molar-refractivity contribution in [1.82, 2.24) is 4.90 Å². The topological polar surface area (TPSA) is 6.25 Å². The van der Waals surface area contributed by atoms with Crippen LogP contribution < -0.4 is 0 Å². The Morgan fingerprint density at radius 3 is 1.55 bits per heavy atom. The molecule has 0 aliphatic carbocycles. The molecule has 0 saturated carbocycles. The van der Waals surface area contributed by atoms with E-state index >= 15 is 0 Å². The van der Waals surface area contributed by atoms with Crippen LogP contribution in [0.15, 0.2) is 12.3 Å². The zero-order valence-electron chi connectivity index (χ0n) is 13.3. The number of rotatable bonds is 4. The molecule has 134 valence electrons. The van der Waals surface area contributed by atoms with Crippen molar-refractivity contribution in [1.29, 1.82) is 0 Å². The van der Waals surface area contributed by atoms with Gasteiger partial charge in [0.2, 0.25) is 0 Å². The van der Waals surface area contributed by atoms with E-state index in [-0.39, 0.29) is 0 Å². The molecule has 1 rings (SSSR count). The van der Waals surface area contributed by atoms with E-state index in [2.05, 4.69) is 55.7 Å². The van der Waals surface area contributed by atoms with Crippen LogP contribution in [0.5, 0.6) is 0 Å². The van der Waals surface area contributed by atoms with E-state index in [1.807, 2.05) is 0 Å². The third-order valence-electron chi connectivity index (χ3n) is 2.89. The molecule has 0 unspecified atom stereocenters. The Hall–Kier alpha value is -0.780. The summed E-state index contributed by atoms with van der Waals surface area (Å²) in [7, 11) is -10.7. The van der Waals surface area contributed by atoms with Crippen LogP contribution in [0.3, 0.4) is 0 Å². The van der Waals surface area contributed by atoms with Gasteiger partial charge in [0.1, 0.15) is 13.1 Å². The second-order valence-electron chi connectivity index (χ2n) is 5.83. The Labute approximate surface area is 127 Å². The second-order valence-corrected chi connectivity index (χ2v) is 7.74. The molecule has 1 fully saturated rings. The molecule has 1 saturated heterocycles. The summed E-state index contributed by atoms with van der Waals surface area (Å²) in [5, 5.41) is 0. The first-order chi connectivity index (χ1) is 9.56. The van der Waals surface area contributed by atoms with E-state index in [1.54, 1.807) is 0 Å². The van der Waals surface area contributed by atoms with Crippen LogP contribution in [-0.2, 0) is 0 Å². The third kappa shape index (κ3) is 15.6. The van der Waals surface area contributed by atoms with Gasteiger partial charge in [0.25, 0.3) is 0 Å². The van der Waals surface area contributed by atoms with E-state index in [4.69, 9.17) is 0 Å². The van der Waals surface area contributed by atoms with Gasteiger partial charge in [-0.05, 0) is 27.7 Å². The molecule has 1 aliphatic heterocycles. The minimum absolute atomic E-state index is 0.577. The summed E-state index contributed by atoms with van der Waals surface area (Å²) < 4.78 is 61.6. The fraction of sp³-hybridized carbons (Fsp3) is 0.769. The van der Waals surface area contributed by atoms with E-state index in [0.717, 1.165) is 0 Å². The molecule has 22 heavy (non-hydrogen) atoms. The number of hydrogen-bond donors (Lipinski definition) is 0. The summed E-state index contributed by atoms with van der Waals surface area (Å²) in [6, 6.07) is 1.15. The summed E-state index contributed by atoms with van der Waals surface area (Å²) in [5.74, 6) is 0. The molecule has 0 aromatic heterocycles. The van der Waals surface area contributed by atoms with Gasteiger partial charge in [-0.3, -0.25) is 0 Å². The molecule has 9 heteroatoms. The number of nitrogens with zero attached hydrogens (tertiary/aromatic N) is 2. The fourth-order valence-electron chi connectivity index (χ4n) is 2.09. The Morgan fingerprint density at radius 2 is 1.23 bits per heavy atom. The first kappa shape index (κ1) is 21.2. The molecule has 0 atom stereocenters. The average Bonchev–Trinajstić information content (AvgIpc) is 2.71. The fourth-order valence-corrected chi connectivity index (χ4v) is 2.09. The van der Waals surface area contributed by atoms with Crippen LogP contribution in [0.1, 0.15) is 40.5 Å². The van der Waals surface area contributed by atoms with Crippen LogP contribution in [0.2, 0.25) is 0 Å². The Kier molecular flexibility index (Phi) is 6.53. The van der Waals surface area contributed by atoms with Crippen molar-refractivity contribution in [2.45, 2.75) is 52.6 Å². The van der Waals surface area contributed by atoms with Crippen LogP contribution in [-0.4, -0.2) is 40.9 Å². The van der Waals surface area contributed by atoms with E-state index in [0.29, 0.717) is 12.1 Å². The van der Waals surface area contributed by atoms with Gasteiger partial charge in [0.15, 0.2) is 6.21 Å². The third-order valence-corrected chi connectivity index (χ3v) is 2.89. The Balaban J connectivity index is 0.000000534. The van der Waals surface area contributed by atoms with E-state index < -0.39 is 7.81 Å². The number of allylic oxidation sites excluding steroid dienone is 1. The molecule has 0 radical (unpaired) electrons. The standard InChI is InChI=1S/C13H25N2.F6P/c1-12(2)15(13(3)4)11-7-10-14-8-5-6-9-14;1-7(2,3,4,5)6/h7,10-13H,5-6,8-9H2,1-4H3;/q+1;-1. The van der Waals surface area contributed by atoms with Gasteiger partial charge in [-0.25, -0.2) is 4.58 Å². The van der Waals surface area contributed by atoms with Gasteiger partial charge in [0, 0.05) is 37.2 Å². The van der Waals surface area contributed by atoms with Crippen molar-refractivity contribution >= 4 is 14.0 Å². The monoisotopic (exact) mass is 354 g/mol. The van der Waals surface area contributed by atoms with Gasteiger partial charge in [-0.2, -0.15) is 0 Å². The molecule has 0 aromatic carbocycles. The molecule has 0 amide bonds. The number of hydrogen-bond acceptors (Lipinski definition) is 1. The van der Waals surface area contributed by atoms with Crippen LogP contribution in [0.25, 0.3) is 0 Å². The van der Waals surface area contributed by atoms with Crippen LogP contribution in [0, 0.1) is 0 Å². The quantitative estimate of drug-likeness (QED) is 0.347. The van der Waals surface area contributed by atoms with Gasteiger partial charge in [-0.15, -0.1) is 0 Å².